The third-order valence-electron chi connectivity index (χ3n) is 3.99. The van der Waals surface area contributed by atoms with Crippen LogP contribution in [0.2, 0.25) is 0 Å². The zero-order valence-corrected chi connectivity index (χ0v) is 12.7. The normalized spacial score (nSPS) is 16.0. The average Bonchev–Trinajstić information content (AvgIpc) is 2.48. The Kier molecular flexibility index (Phi) is 5.41. The van der Waals surface area contributed by atoms with E-state index in [1.54, 1.807) is 0 Å². The molecule has 0 fully saturated rings. The number of nitrogens with two attached hydrogens (primary N) is 1. The number of guanidine groups is 1. The van der Waals surface area contributed by atoms with Gasteiger partial charge in [0.2, 0.25) is 0 Å². The maximum atomic E-state index is 5.99. The average molecular weight is 274 g/mol. The Balaban J connectivity index is 1.83. The lowest BCUT2D eigenvalue weighted by molar-refractivity contribution is 0.261. The highest BCUT2D eigenvalue weighted by atomic mass is 15.2. The first-order valence-corrected chi connectivity index (χ1v) is 7.58. The summed E-state index contributed by atoms with van der Waals surface area (Å²) in [4.78, 5) is 9.04. The number of aliphatic imine (C=N–C) groups is 1. The number of fused-ring (bicyclic) bond motifs is 1. The van der Waals surface area contributed by atoms with Crippen LogP contribution in [-0.4, -0.2) is 48.5 Å². The number of hydrogen-bond donors (Lipinski definition) is 1. The second-order valence-corrected chi connectivity index (χ2v) is 5.21. The smallest absolute Gasteiger partial charge is 0.191 e. The van der Waals surface area contributed by atoms with Crippen molar-refractivity contribution < 1.29 is 0 Å². The Morgan fingerprint density at radius 3 is 2.65 bits per heavy atom. The van der Waals surface area contributed by atoms with Gasteiger partial charge in [0.15, 0.2) is 5.96 Å². The summed E-state index contributed by atoms with van der Waals surface area (Å²) in [5.41, 5.74) is 8.94. The lowest BCUT2D eigenvalue weighted by Gasteiger charge is -2.28. The van der Waals surface area contributed by atoms with Crippen LogP contribution < -0.4 is 5.73 Å². The maximum absolute atomic E-state index is 5.99. The Labute approximate surface area is 122 Å². The van der Waals surface area contributed by atoms with Gasteiger partial charge in [0.25, 0.3) is 0 Å². The minimum Gasteiger partial charge on any atom is -0.370 e. The number of hydrogen-bond acceptors (Lipinski definition) is 2. The first kappa shape index (κ1) is 14.9. The second kappa shape index (κ2) is 7.29. The van der Waals surface area contributed by atoms with Gasteiger partial charge in [-0.3, -0.25) is 9.89 Å². The molecule has 0 saturated heterocycles. The molecule has 0 amide bonds. The van der Waals surface area contributed by atoms with Crippen LogP contribution >= 0.6 is 0 Å². The standard InChI is InChI=1S/C16H26N4/c1-3-20(4-2)16(17)18-10-12-19-11-9-14-7-5-6-8-15(14)13-19/h5-8H,3-4,9-13H2,1-2H3,(H2,17,18). The minimum atomic E-state index is 0.674. The fourth-order valence-electron chi connectivity index (χ4n) is 2.70. The lowest BCUT2D eigenvalue weighted by Crippen LogP contribution is -2.38. The third-order valence-corrected chi connectivity index (χ3v) is 3.99. The van der Waals surface area contributed by atoms with Crippen molar-refractivity contribution in [1.29, 1.82) is 0 Å². The van der Waals surface area contributed by atoms with Crippen LogP contribution in [-0.2, 0) is 13.0 Å². The molecule has 20 heavy (non-hydrogen) atoms. The molecule has 0 atom stereocenters. The highest BCUT2D eigenvalue weighted by Crippen LogP contribution is 2.17. The van der Waals surface area contributed by atoms with Crippen LogP contribution in [0.5, 0.6) is 0 Å². The molecule has 0 saturated carbocycles. The molecule has 1 aliphatic rings. The first-order chi connectivity index (χ1) is 9.74. The summed E-state index contributed by atoms with van der Waals surface area (Å²) in [6, 6.07) is 8.72. The van der Waals surface area contributed by atoms with Gasteiger partial charge in [-0.2, -0.15) is 0 Å². The van der Waals surface area contributed by atoms with E-state index < -0.39 is 0 Å². The summed E-state index contributed by atoms with van der Waals surface area (Å²) in [7, 11) is 0. The van der Waals surface area contributed by atoms with Gasteiger partial charge in [-0.05, 0) is 31.4 Å². The molecule has 0 unspecified atom stereocenters. The zero-order valence-electron chi connectivity index (χ0n) is 12.7. The lowest BCUT2D eigenvalue weighted by atomic mass is 10.0. The SMILES string of the molecule is CCN(CC)C(N)=NCCN1CCc2ccccc2C1. The fourth-order valence-corrected chi connectivity index (χ4v) is 2.70. The maximum Gasteiger partial charge on any atom is 0.191 e. The molecule has 0 bridgehead atoms. The van der Waals surface area contributed by atoms with Crippen molar-refractivity contribution in [1.82, 2.24) is 9.80 Å². The Bertz CT molecular complexity index is 452. The van der Waals surface area contributed by atoms with E-state index in [1.807, 2.05) is 0 Å². The quantitative estimate of drug-likeness (QED) is 0.656. The summed E-state index contributed by atoms with van der Waals surface area (Å²) in [5, 5.41) is 0. The molecule has 0 radical (unpaired) electrons. The Hall–Kier alpha value is -1.55. The van der Waals surface area contributed by atoms with Gasteiger partial charge < -0.3 is 10.6 Å². The number of nitrogens with zero attached hydrogens (tertiary/aromatic N) is 3. The van der Waals surface area contributed by atoms with Gasteiger partial charge in [0, 0.05) is 32.7 Å². The van der Waals surface area contributed by atoms with Crippen molar-refractivity contribution in [3.8, 4) is 0 Å². The van der Waals surface area contributed by atoms with Crippen molar-refractivity contribution >= 4 is 5.96 Å². The molecule has 1 aromatic rings. The van der Waals surface area contributed by atoms with Gasteiger partial charge >= 0.3 is 0 Å². The van der Waals surface area contributed by atoms with E-state index in [-0.39, 0.29) is 0 Å². The second-order valence-electron chi connectivity index (χ2n) is 5.21. The van der Waals surface area contributed by atoms with Crippen LogP contribution in [0, 0.1) is 0 Å². The van der Waals surface area contributed by atoms with Crippen molar-refractivity contribution in [2.45, 2.75) is 26.8 Å². The molecule has 2 N–H and O–H groups in total. The van der Waals surface area contributed by atoms with Crippen LogP contribution in [0.4, 0.5) is 0 Å². The first-order valence-electron chi connectivity index (χ1n) is 7.58. The van der Waals surface area contributed by atoms with E-state index >= 15 is 0 Å². The topological polar surface area (TPSA) is 44.9 Å². The molecule has 1 heterocycles. The van der Waals surface area contributed by atoms with E-state index in [9.17, 15) is 0 Å². The molecule has 0 spiro atoms. The molecule has 2 rings (SSSR count). The predicted octanol–water partition coefficient (Wildman–Crippen LogP) is 1.70. The van der Waals surface area contributed by atoms with Gasteiger partial charge in [-0.25, -0.2) is 0 Å². The van der Waals surface area contributed by atoms with Crippen molar-refractivity contribution in [2.24, 2.45) is 10.7 Å². The van der Waals surface area contributed by atoms with Crippen LogP contribution in [0.1, 0.15) is 25.0 Å². The summed E-state index contributed by atoms with van der Waals surface area (Å²) in [6.07, 6.45) is 1.14. The molecule has 0 aliphatic carbocycles. The molecular weight excluding hydrogens is 248 g/mol. The molecule has 4 nitrogen and oxygen atoms in total. The Morgan fingerprint density at radius 2 is 1.95 bits per heavy atom. The van der Waals surface area contributed by atoms with Crippen LogP contribution in [0.15, 0.2) is 29.3 Å². The van der Waals surface area contributed by atoms with Gasteiger partial charge in [-0.15, -0.1) is 0 Å². The monoisotopic (exact) mass is 274 g/mol. The van der Waals surface area contributed by atoms with Crippen molar-refractivity contribution in [2.75, 3.05) is 32.7 Å². The van der Waals surface area contributed by atoms with Gasteiger partial charge in [0.1, 0.15) is 0 Å². The molecular formula is C16H26N4. The Morgan fingerprint density at radius 1 is 1.25 bits per heavy atom. The number of rotatable bonds is 5. The van der Waals surface area contributed by atoms with Crippen molar-refractivity contribution in [3.05, 3.63) is 35.4 Å². The fraction of sp³-hybridized carbons (Fsp3) is 0.562. The number of benzene rings is 1. The van der Waals surface area contributed by atoms with Gasteiger partial charge in [-0.1, -0.05) is 24.3 Å². The molecule has 1 aromatic carbocycles. The molecule has 110 valence electrons. The van der Waals surface area contributed by atoms with Gasteiger partial charge in [0.05, 0.1) is 6.54 Å². The summed E-state index contributed by atoms with van der Waals surface area (Å²) in [5.74, 6) is 0.674. The van der Waals surface area contributed by atoms with E-state index in [0.29, 0.717) is 5.96 Å². The highest BCUT2D eigenvalue weighted by Gasteiger charge is 2.14. The summed E-state index contributed by atoms with van der Waals surface area (Å²) >= 11 is 0. The molecule has 0 aromatic heterocycles. The summed E-state index contributed by atoms with van der Waals surface area (Å²) < 4.78 is 0. The predicted molar refractivity (Wildman–Crippen MR) is 84.8 cm³/mol. The van der Waals surface area contributed by atoms with Crippen LogP contribution in [0.25, 0.3) is 0 Å². The zero-order chi connectivity index (χ0) is 14.4. The van der Waals surface area contributed by atoms with Crippen molar-refractivity contribution in [3.63, 3.8) is 0 Å². The van der Waals surface area contributed by atoms with E-state index in [0.717, 1.165) is 45.7 Å². The molecule has 1 aliphatic heterocycles. The third kappa shape index (κ3) is 3.73. The van der Waals surface area contributed by atoms with E-state index in [4.69, 9.17) is 5.73 Å². The summed E-state index contributed by atoms with van der Waals surface area (Å²) in [6.45, 7) is 9.97. The highest BCUT2D eigenvalue weighted by molar-refractivity contribution is 5.77. The molecule has 4 heteroatoms. The van der Waals surface area contributed by atoms with Crippen LogP contribution in [0.3, 0.4) is 0 Å². The van der Waals surface area contributed by atoms with E-state index in [2.05, 4.69) is 52.9 Å². The van der Waals surface area contributed by atoms with E-state index in [1.165, 1.54) is 11.1 Å². The largest absolute Gasteiger partial charge is 0.370 e. The minimum absolute atomic E-state index is 0.674.